The Hall–Kier alpha value is -3.34. The van der Waals surface area contributed by atoms with Gasteiger partial charge in [-0.15, -0.1) is 0 Å². The number of benzene rings is 2. The zero-order valence-electron chi connectivity index (χ0n) is 23.3. The Kier molecular flexibility index (Phi) is 6.35. The number of aromatic hydroxyl groups is 1. The Morgan fingerprint density at radius 1 is 1.07 bits per heavy atom. The molecular weight excluding hydrogens is 557 g/mol. The lowest BCUT2D eigenvalue weighted by atomic mass is 10.0. The van der Waals surface area contributed by atoms with Gasteiger partial charge in [-0.3, -0.25) is 4.90 Å². The van der Waals surface area contributed by atoms with E-state index in [2.05, 4.69) is 15.1 Å². The van der Waals surface area contributed by atoms with E-state index < -0.39 is 6.17 Å². The van der Waals surface area contributed by atoms with Crippen molar-refractivity contribution in [3.63, 3.8) is 0 Å². The van der Waals surface area contributed by atoms with Crippen LogP contribution in [0.4, 0.5) is 10.2 Å². The number of nitrogens with zero attached hydrogens (tertiary/aromatic N) is 6. The van der Waals surface area contributed by atoms with Gasteiger partial charge in [-0.2, -0.15) is 9.97 Å². The van der Waals surface area contributed by atoms with E-state index in [9.17, 15) is 9.50 Å². The van der Waals surface area contributed by atoms with E-state index in [-0.39, 0.29) is 11.2 Å². The van der Waals surface area contributed by atoms with Gasteiger partial charge in [0.05, 0.1) is 12.0 Å². The summed E-state index contributed by atoms with van der Waals surface area (Å²) in [5, 5.41) is 17.1. The number of fused-ring (bicyclic) bond motifs is 4. The predicted molar refractivity (Wildman–Crippen MR) is 160 cm³/mol. The average molecular weight is 590 g/mol. The Bertz CT molecular complexity index is 1670. The third-order valence-corrected chi connectivity index (χ3v) is 9.63. The highest BCUT2D eigenvalue weighted by atomic mass is 35.5. The van der Waals surface area contributed by atoms with Gasteiger partial charge in [-0.25, -0.2) is 14.4 Å². The van der Waals surface area contributed by atoms with Crippen molar-refractivity contribution in [2.24, 2.45) is 5.41 Å². The smallest absolute Gasteiger partial charge is 0.320 e. The van der Waals surface area contributed by atoms with Crippen LogP contribution in [0.5, 0.6) is 11.8 Å². The second-order valence-corrected chi connectivity index (χ2v) is 13.0. The Labute approximate surface area is 248 Å². The maximum absolute atomic E-state index is 13.8. The number of ether oxygens (including phenoxy) is 1. The number of anilines is 1. The molecule has 0 radical (unpaired) electrons. The number of phenolic OH excluding ortho intramolecular Hbond substituents is 1. The van der Waals surface area contributed by atoms with Crippen LogP contribution in [0, 0.1) is 5.41 Å². The lowest BCUT2D eigenvalue weighted by molar-refractivity contribution is 0.165. The largest absolute Gasteiger partial charge is 0.508 e. The van der Waals surface area contributed by atoms with Gasteiger partial charge in [0.2, 0.25) is 0 Å². The van der Waals surface area contributed by atoms with E-state index in [1.54, 1.807) is 18.3 Å². The molecule has 2 aromatic heterocycles. The third kappa shape index (κ3) is 4.89. The number of likely N-dealkylation sites (tertiary alicyclic amines) is 1. The number of halogens is 2. The molecule has 218 valence electrons. The molecule has 5 heterocycles. The number of rotatable bonds is 7. The number of aromatic nitrogens is 4. The molecule has 42 heavy (non-hydrogen) atoms. The first-order valence-electron chi connectivity index (χ1n) is 14.9. The lowest BCUT2D eigenvalue weighted by Crippen LogP contribution is -2.51. The molecule has 4 aromatic rings. The SMILES string of the molecule is Oc1cc(-c2ncc3c(N4CC5CCC(C4)N5)nc(OCC4(CN5CC[C@@H](F)C5)CC4)nc3n2)c2c(Cl)cccc2c1. The minimum atomic E-state index is -0.727. The summed E-state index contributed by atoms with van der Waals surface area (Å²) in [7, 11) is 0. The summed E-state index contributed by atoms with van der Waals surface area (Å²) in [6.07, 6.45) is 6.07. The summed E-state index contributed by atoms with van der Waals surface area (Å²) in [5.74, 6) is 1.31. The van der Waals surface area contributed by atoms with E-state index in [0.717, 1.165) is 73.8 Å². The first-order valence-corrected chi connectivity index (χ1v) is 15.3. The van der Waals surface area contributed by atoms with Gasteiger partial charge in [-0.1, -0.05) is 23.7 Å². The maximum atomic E-state index is 13.8. The fourth-order valence-electron chi connectivity index (χ4n) is 6.98. The van der Waals surface area contributed by atoms with Gasteiger partial charge < -0.3 is 20.1 Å². The quantitative estimate of drug-likeness (QED) is 0.316. The number of alkyl halides is 1. The summed E-state index contributed by atoms with van der Waals surface area (Å²) >= 11 is 6.61. The van der Waals surface area contributed by atoms with E-state index in [0.29, 0.717) is 59.7 Å². The van der Waals surface area contributed by atoms with Gasteiger partial charge in [0, 0.05) is 72.4 Å². The summed E-state index contributed by atoms with van der Waals surface area (Å²) in [6, 6.07) is 10.0. The molecule has 2 unspecified atom stereocenters. The minimum Gasteiger partial charge on any atom is -0.508 e. The summed E-state index contributed by atoms with van der Waals surface area (Å²) in [4.78, 5) is 23.8. The molecule has 0 amide bonds. The van der Waals surface area contributed by atoms with Crippen LogP contribution in [0.3, 0.4) is 0 Å². The van der Waals surface area contributed by atoms with Crippen LogP contribution in [-0.2, 0) is 0 Å². The van der Waals surface area contributed by atoms with Crippen molar-refractivity contribution in [2.45, 2.75) is 50.4 Å². The maximum Gasteiger partial charge on any atom is 0.320 e. The van der Waals surface area contributed by atoms with E-state index >= 15 is 0 Å². The molecule has 4 aliphatic rings. The normalized spacial score (nSPS) is 25.0. The predicted octanol–water partition coefficient (Wildman–Crippen LogP) is 4.74. The molecule has 3 aliphatic heterocycles. The van der Waals surface area contributed by atoms with Gasteiger partial charge in [0.1, 0.15) is 17.7 Å². The van der Waals surface area contributed by atoms with Crippen LogP contribution in [0.2, 0.25) is 5.02 Å². The molecule has 1 saturated carbocycles. The fourth-order valence-corrected chi connectivity index (χ4v) is 7.26. The Morgan fingerprint density at radius 2 is 1.90 bits per heavy atom. The first-order chi connectivity index (χ1) is 20.4. The van der Waals surface area contributed by atoms with Gasteiger partial charge >= 0.3 is 6.01 Å². The van der Waals surface area contributed by atoms with Crippen LogP contribution >= 0.6 is 11.6 Å². The van der Waals surface area contributed by atoms with Crippen LogP contribution in [0.1, 0.15) is 32.1 Å². The van der Waals surface area contributed by atoms with Crippen LogP contribution < -0.4 is 15.0 Å². The van der Waals surface area contributed by atoms with Crippen molar-refractivity contribution in [3.8, 4) is 23.1 Å². The number of hydrogen-bond acceptors (Lipinski definition) is 9. The Morgan fingerprint density at radius 3 is 2.67 bits per heavy atom. The van der Waals surface area contributed by atoms with Gasteiger partial charge in [-0.05, 0) is 55.7 Å². The summed E-state index contributed by atoms with van der Waals surface area (Å²) in [6.45, 7) is 4.34. The monoisotopic (exact) mass is 589 g/mol. The molecule has 8 rings (SSSR count). The number of piperazine rings is 1. The number of hydrogen-bond donors (Lipinski definition) is 2. The summed E-state index contributed by atoms with van der Waals surface area (Å²) < 4.78 is 20.1. The molecule has 3 saturated heterocycles. The summed E-state index contributed by atoms with van der Waals surface area (Å²) in [5.41, 5.74) is 1.14. The molecule has 3 atom stereocenters. The van der Waals surface area contributed by atoms with E-state index in [1.165, 1.54) is 0 Å². The molecule has 4 fully saturated rings. The number of phenols is 1. The van der Waals surface area contributed by atoms with Crippen molar-refractivity contribution in [1.82, 2.24) is 30.2 Å². The van der Waals surface area contributed by atoms with Crippen LogP contribution in [-0.4, -0.2) is 87.5 Å². The lowest BCUT2D eigenvalue weighted by Gasteiger charge is -2.34. The zero-order valence-corrected chi connectivity index (χ0v) is 24.0. The van der Waals surface area contributed by atoms with Crippen molar-refractivity contribution < 1.29 is 14.2 Å². The van der Waals surface area contributed by atoms with E-state index in [4.69, 9.17) is 36.3 Å². The molecule has 2 N–H and O–H groups in total. The number of nitrogens with one attached hydrogen (secondary N) is 1. The molecule has 2 aromatic carbocycles. The first kappa shape index (κ1) is 26.3. The van der Waals surface area contributed by atoms with Crippen LogP contribution in [0.25, 0.3) is 33.2 Å². The molecular formula is C31H33ClFN7O2. The highest BCUT2D eigenvalue weighted by Gasteiger charge is 2.46. The standard InChI is InChI=1S/C31H33ClFN7O2/c32-25-3-1-2-18-10-22(41)11-23(26(18)25)27-34-12-24-28(36-27)37-30(38-29(24)40-14-20-4-5-21(15-40)35-20)42-17-31(7-8-31)16-39-9-6-19(33)13-39/h1-3,10-12,19-21,35,41H,4-9,13-17H2/t19-,20?,21?/m1/s1. The molecule has 0 spiro atoms. The van der Waals surface area contributed by atoms with Crippen molar-refractivity contribution in [2.75, 3.05) is 44.2 Å². The zero-order chi connectivity index (χ0) is 28.4. The van der Waals surface area contributed by atoms with Crippen molar-refractivity contribution in [1.29, 1.82) is 0 Å². The molecule has 2 bridgehead atoms. The second-order valence-electron chi connectivity index (χ2n) is 12.5. The second kappa shape index (κ2) is 10.1. The Balaban J connectivity index is 1.17. The van der Waals surface area contributed by atoms with Crippen molar-refractivity contribution in [3.05, 3.63) is 41.6 Å². The van der Waals surface area contributed by atoms with Gasteiger partial charge in [0.25, 0.3) is 0 Å². The third-order valence-electron chi connectivity index (χ3n) is 9.32. The highest BCUT2D eigenvalue weighted by molar-refractivity contribution is 6.36. The van der Waals surface area contributed by atoms with Crippen LogP contribution in [0.15, 0.2) is 36.5 Å². The highest BCUT2D eigenvalue weighted by Crippen LogP contribution is 2.47. The average Bonchev–Trinajstić information content (AvgIpc) is 3.50. The van der Waals surface area contributed by atoms with E-state index in [1.807, 2.05) is 18.2 Å². The molecule has 1 aliphatic carbocycles. The van der Waals surface area contributed by atoms with Crippen molar-refractivity contribution >= 4 is 39.2 Å². The molecule has 9 nitrogen and oxygen atoms in total. The minimum absolute atomic E-state index is 0.0186. The molecule has 11 heteroatoms. The fraction of sp³-hybridized carbons (Fsp3) is 0.484. The van der Waals surface area contributed by atoms with Gasteiger partial charge in [0.15, 0.2) is 11.5 Å². The topological polar surface area (TPSA) is 99.5 Å².